The van der Waals surface area contributed by atoms with Gasteiger partial charge in [-0.25, -0.2) is 4.39 Å². The number of hydrogen-bond acceptors (Lipinski definition) is 2. The SMILES string of the molecule is Cc1cc(C)cc(CC(Cc2cc(Cl)ccc2F)NN)c1. The average molecular weight is 307 g/mol. The lowest BCUT2D eigenvalue weighted by Gasteiger charge is -2.17. The number of rotatable bonds is 5. The van der Waals surface area contributed by atoms with E-state index in [-0.39, 0.29) is 11.9 Å². The Hall–Kier alpha value is -1.42. The molecule has 0 aliphatic heterocycles. The molecule has 0 bridgehead atoms. The van der Waals surface area contributed by atoms with Gasteiger partial charge in [0.05, 0.1) is 0 Å². The molecule has 0 aliphatic carbocycles. The Morgan fingerprint density at radius 1 is 1.10 bits per heavy atom. The normalized spacial score (nSPS) is 12.4. The molecule has 3 N–H and O–H groups in total. The van der Waals surface area contributed by atoms with Gasteiger partial charge in [0.2, 0.25) is 0 Å². The van der Waals surface area contributed by atoms with E-state index in [4.69, 9.17) is 17.4 Å². The Morgan fingerprint density at radius 3 is 2.38 bits per heavy atom. The molecule has 0 spiro atoms. The quantitative estimate of drug-likeness (QED) is 0.653. The molecule has 0 heterocycles. The maximum atomic E-state index is 13.8. The molecule has 0 aromatic heterocycles. The molecule has 0 aliphatic rings. The molecule has 0 amide bonds. The fourth-order valence-corrected chi connectivity index (χ4v) is 2.82. The van der Waals surface area contributed by atoms with E-state index in [1.807, 2.05) is 0 Å². The smallest absolute Gasteiger partial charge is 0.126 e. The Balaban J connectivity index is 2.14. The maximum absolute atomic E-state index is 13.8. The van der Waals surface area contributed by atoms with Crippen LogP contribution in [0.4, 0.5) is 4.39 Å². The second kappa shape index (κ2) is 7.03. The lowest BCUT2D eigenvalue weighted by atomic mass is 9.97. The summed E-state index contributed by atoms with van der Waals surface area (Å²) in [7, 11) is 0. The first kappa shape index (κ1) is 16.0. The van der Waals surface area contributed by atoms with Gasteiger partial charge in [0.25, 0.3) is 0 Å². The summed E-state index contributed by atoms with van der Waals surface area (Å²) in [4.78, 5) is 0. The molecule has 0 saturated heterocycles. The molecule has 1 atom stereocenters. The number of aryl methyl sites for hydroxylation is 2. The van der Waals surface area contributed by atoms with Crippen LogP contribution in [-0.4, -0.2) is 6.04 Å². The molecule has 2 rings (SSSR count). The summed E-state index contributed by atoms with van der Waals surface area (Å²) in [6.45, 7) is 4.13. The van der Waals surface area contributed by atoms with Crippen molar-refractivity contribution in [1.82, 2.24) is 5.43 Å². The van der Waals surface area contributed by atoms with Gasteiger partial charge < -0.3 is 0 Å². The van der Waals surface area contributed by atoms with Gasteiger partial charge in [-0.05, 0) is 56.0 Å². The van der Waals surface area contributed by atoms with Gasteiger partial charge in [0.15, 0.2) is 0 Å². The van der Waals surface area contributed by atoms with Crippen molar-refractivity contribution in [3.8, 4) is 0 Å². The summed E-state index contributed by atoms with van der Waals surface area (Å²) >= 11 is 5.93. The van der Waals surface area contributed by atoms with E-state index in [2.05, 4.69) is 37.5 Å². The highest BCUT2D eigenvalue weighted by Crippen LogP contribution is 2.18. The van der Waals surface area contributed by atoms with Gasteiger partial charge in [0.1, 0.15) is 5.82 Å². The monoisotopic (exact) mass is 306 g/mol. The Morgan fingerprint density at radius 2 is 1.76 bits per heavy atom. The first-order valence-corrected chi connectivity index (χ1v) is 7.33. The summed E-state index contributed by atoms with van der Waals surface area (Å²) < 4.78 is 13.8. The maximum Gasteiger partial charge on any atom is 0.126 e. The van der Waals surface area contributed by atoms with Crippen LogP contribution in [0.15, 0.2) is 36.4 Å². The van der Waals surface area contributed by atoms with Crippen LogP contribution in [0.2, 0.25) is 5.02 Å². The number of halogens is 2. The average Bonchev–Trinajstić information content (AvgIpc) is 2.41. The molecule has 4 heteroatoms. The van der Waals surface area contributed by atoms with E-state index >= 15 is 0 Å². The highest BCUT2D eigenvalue weighted by atomic mass is 35.5. The number of hydrogen-bond donors (Lipinski definition) is 2. The molecule has 2 aromatic carbocycles. The zero-order valence-electron chi connectivity index (χ0n) is 12.3. The lowest BCUT2D eigenvalue weighted by Crippen LogP contribution is -2.38. The first-order valence-electron chi connectivity index (χ1n) is 6.95. The van der Waals surface area contributed by atoms with Crippen molar-refractivity contribution in [3.63, 3.8) is 0 Å². The minimum Gasteiger partial charge on any atom is -0.271 e. The minimum atomic E-state index is -0.250. The van der Waals surface area contributed by atoms with E-state index in [1.165, 1.54) is 22.8 Å². The Bertz CT molecular complexity index is 608. The van der Waals surface area contributed by atoms with E-state index in [9.17, 15) is 4.39 Å². The molecule has 0 radical (unpaired) electrons. The number of nitrogens with two attached hydrogens (primary N) is 1. The van der Waals surface area contributed by atoms with Crippen LogP contribution in [0, 0.1) is 19.7 Å². The number of hydrazine groups is 1. The lowest BCUT2D eigenvalue weighted by molar-refractivity contribution is 0.506. The highest BCUT2D eigenvalue weighted by molar-refractivity contribution is 6.30. The summed E-state index contributed by atoms with van der Waals surface area (Å²) in [5.74, 6) is 5.38. The summed E-state index contributed by atoms with van der Waals surface area (Å²) in [5, 5.41) is 0.536. The molecule has 2 nitrogen and oxygen atoms in total. The molecule has 0 fully saturated rings. The second-order valence-electron chi connectivity index (χ2n) is 5.50. The third-order valence-corrected chi connectivity index (χ3v) is 3.71. The van der Waals surface area contributed by atoms with Gasteiger partial charge in [-0.15, -0.1) is 0 Å². The van der Waals surface area contributed by atoms with Gasteiger partial charge in [-0.1, -0.05) is 40.9 Å². The minimum absolute atomic E-state index is 0.0424. The molecule has 1 unspecified atom stereocenters. The standard InChI is InChI=1S/C17H20ClFN2/c1-11-5-12(2)7-13(6-11)8-16(21-20)10-14-9-15(18)3-4-17(14)19/h3-7,9,16,21H,8,10,20H2,1-2H3. The van der Waals surface area contributed by atoms with E-state index in [0.29, 0.717) is 17.0 Å². The van der Waals surface area contributed by atoms with E-state index in [1.54, 1.807) is 12.1 Å². The van der Waals surface area contributed by atoms with Crippen molar-refractivity contribution in [3.05, 3.63) is 69.5 Å². The van der Waals surface area contributed by atoms with Gasteiger partial charge in [0, 0.05) is 11.1 Å². The van der Waals surface area contributed by atoms with Crippen molar-refractivity contribution >= 4 is 11.6 Å². The topological polar surface area (TPSA) is 38.0 Å². The molecule has 21 heavy (non-hydrogen) atoms. The van der Waals surface area contributed by atoms with Crippen LogP contribution < -0.4 is 11.3 Å². The van der Waals surface area contributed by atoms with Crippen molar-refractivity contribution < 1.29 is 4.39 Å². The predicted molar refractivity (Wildman–Crippen MR) is 85.8 cm³/mol. The van der Waals surface area contributed by atoms with Crippen LogP contribution in [0.25, 0.3) is 0 Å². The molecule has 2 aromatic rings. The van der Waals surface area contributed by atoms with Crippen LogP contribution in [0.5, 0.6) is 0 Å². The Kier molecular flexibility index (Phi) is 5.34. The van der Waals surface area contributed by atoms with Gasteiger partial charge in [-0.3, -0.25) is 11.3 Å². The van der Waals surface area contributed by atoms with Crippen LogP contribution in [0.1, 0.15) is 22.3 Å². The Labute approximate surface area is 130 Å². The van der Waals surface area contributed by atoms with Gasteiger partial charge >= 0.3 is 0 Å². The van der Waals surface area contributed by atoms with Crippen molar-refractivity contribution in [2.75, 3.05) is 0 Å². The largest absolute Gasteiger partial charge is 0.271 e. The predicted octanol–water partition coefficient (Wildman–Crippen LogP) is 3.71. The molecule has 0 saturated carbocycles. The second-order valence-corrected chi connectivity index (χ2v) is 5.94. The van der Waals surface area contributed by atoms with Crippen LogP contribution in [-0.2, 0) is 12.8 Å². The molecule has 112 valence electrons. The zero-order valence-corrected chi connectivity index (χ0v) is 13.0. The highest BCUT2D eigenvalue weighted by Gasteiger charge is 2.13. The van der Waals surface area contributed by atoms with E-state index in [0.717, 1.165) is 6.42 Å². The van der Waals surface area contributed by atoms with Crippen molar-refractivity contribution in [1.29, 1.82) is 0 Å². The zero-order chi connectivity index (χ0) is 15.4. The summed E-state index contributed by atoms with van der Waals surface area (Å²) in [6, 6.07) is 10.9. The third kappa shape index (κ3) is 4.53. The van der Waals surface area contributed by atoms with E-state index < -0.39 is 0 Å². The number of nitrogens with one attached hydrogen (secondary N) is 1. The van der Waals surface area contributed by atoms with Crippen molar-refractivity contribution in [2.24, 2.45) is 5.84 Å². The third-order valence-electron chi connectivity index (χ3n) is 3.47. The fraction of sp³-hybridized carbons (Fsp3) is 0.294. The van der Waals surface area contributed by atoms with Crippen LogP contribution in [0.3, 0.4) is 0 Å². The molecular formula is C17H20ClFN2. The fourth-order valence-electron chi connectivity index (χ4n) is 2.63. The van der Waals surface area contributed by atoms with Crippen LogP contribution >= 0.6 is 11.6 Å². The molecular weight excluding hydrogens is 287 g/mol. The number of benzene rings is 2. The van der Waals surface area contributed by atoms with Gasteiger partial charge in [-0.2, -0.15) is 0 Å². The first-order chi connectivity index (χ1) is 9.97. The summed E-state index contributed by atoms with van der Waals surface area (Å²) in [5.41, 5.74) is 6.98. The van der Waals surface area contributed by atoms with Crippen molar-refractivity contribution in [2.45, 2.75) is 32.7 Å². The summed E-state index contributed by atoms with van der Waals surface area (Å²) in [6.07, 6.45) is 1.24.